The van der Waals surface area contributed by atoms with E-state index >= 15 is 0 Å². The Morgan fingerprint density at radius 3 is 2.22 bits per heavy atom. The lowest BCUT2D eigenvalue weighted by Crippen LogP contribution is -2.49. The van der Waals surface area contributed by atoms with E-state index in [0.29, 0.717) is 36.8 Å². The number of amides is 1. The number of rotatable bonds is 10. The monoisotopic (exact) mass is 504 g/mol. The first-order valence-corrected chi connectivity index (χ1v) is 12.6. The van der Waals surface area contributed by atoms with Crippen molar-refractivity contribution < 1.29 is 23.7 Å². The number of carbonyl (C=O) groups is 1. The summed E-state index contributed by atoms with van der Waals surface area (Å²) < 4.78 is 22.6. The molecule has 37 heavy (non-hydrogen) atoms. The van der Waals surface area contributed by atoms with Crippen molar-refractivity contribution in [2.24, 2.45) is 0 Å². The van der Waals surface area contributed by atoms with Crippen molar-refractivity contribution in [2.45, 2.75) is 19.6 Å². The number of hydrogen-bond acceptors (Lipinski definition) is 6. The van der Waals surface area contributed by atoms with Gasteiger partial charge in [0.05, 0.1) is 39.6 Å². The summed E-state index contributed by atoms with van der Waals surface area (Å²) in [5, 5.41) is 0. The van der Waals surface area contributed by atoms with Crippen molar-refractivity contribution in [1.29, 1.82) is 0 Å². The van der Waals surface area contributed by atoms with Crippen LogP contribution in [-0.4, -0.2) is 69.8 Å². The van der Waals surface area contributed by atoms with E-state index in [9.17, 15) is 4.79 Å². The molecule has 0 radical (unpaired) electrons. The number of ether oxygens (including phenoxy) is 4. The maximum atomic E-state index is 13.2. The summed E-state index contributed by atoms with van der Waals surface area (Å²) in [6.45, 7) is 6.13. The average molecular weight is 505 g/mol. The van der Waals surface area contributed by atoms with Crippen LogP contribution >= 0.6 is 0 Å². The number of piperazine rings is 1. The molecule has 1 heterocycles. The van der Waals surface area contributed by atoms with E-state index in [1.807, 2.05) is 23.1 Å². The number of hydrogen-bond donors (Lipinski definition) is 0. The molecule has 1 saturated heterocycles. The van der Waals surface area contributed by atoms with Crippen molar-refractivity contribution in [3.8, 4) is 17.2 Å². The lowest BCUT2D eigenvalue weighted by Gasteiger charge is -2.36. The molecule has 0 N–H and O–H groups in total. The summed E-state index contributed by atoms with van der Waals surface area (Å²) in [5.41, 5.74) is 4.00. The summed E-state index contributed by atoms with van der Waals surface area (Å²) in [7, 11) is 4.84. The molecule has 1 amide bonds. The van der Waals surface area contributed by atoms with Crippen molar-refractivity contribution >= 4 is 5.91 Å². The summed E-state index contributed by atoms with van der Waals surface area (Å²) >= 11 is 0. The van der Waals surface area contributed by atoms with Gasteiger partial charge in [0, 0.05) is 38.8 Å². The molecule has 7 nitrogen and oxygen atoms in total. The molecule has 0 aliphatic carbocycles. The van der Waals surface area contributed by atoms with Gasteiger partial charge in [0.25, 0.3) is 5.91 Å². The van der Waals surface area contributed by atoms with E-state index < -0.39 is 0 Å². The van der Waals surface area contributed by atoms with Crippen molar-refractivity contribution in [2.75, 3.05) is 54.1 Å². The van der Waals surface area contributed by atoms with Crippen LogP contribution in [0.25, 0.3) is 0 Å². The molecule has 1 unspecified atom stereocenters. The van der Waals surface area contributed by atoms with Crippen molar-refractivity contribution in [1.82, 2.24) is 9.80 Å². The minimum atomic E-state index is -0.125. The molecule has 0 saturated carbocycles. The van der Waals surface area contributed by atoms with Gasteiger partial charge in [-0.2, -0.15) is 0 Å². The number of nitrogens with zero attached hydrogens (tertiary/aromatic N) is 2. The van der Waals surface area contributed by atoms with Crippen LogP contribution in [-0.2, 0) is 11.3 Å². The smallest absolute Gasteiger partial charge is 0.257 e. The van der Waals surface area contributed by atoms with Gasteiger partial charge in [-0.1, -0.05) is 42.0 Å². The highest BCUT2D eigenvalue weighted by molar-refractivity contribution is 5.97. The molecule has 1 aliphatic heterocycles. The number of methoxy groups -OCH3 is 3. The first-order valence-electron chi connectivity index (χ1n) is 12.6. The summed E-state index contributed by atoms with van der Waals surface area (Å²) in [5.74, 6) is 1.96. The Kier molecular flexibility index (Phi) is 9.04. The van der Waals surface area contributed by atoms with Crippen LogP contribution in [0.2, 0.25) is 0 Å². The molecule has 1 aliphatic rings. The van der Waals surface area contributed by atoms with Crippen LogP contribution in [0.1, 0.15) is 33.2 Å². The minimum absolute atomic E-state index is 0.0286. The summed E-state index contributed by atoms with van der Waals surface area (Å²) in [6, 6.07) is 21.8. The van der Waals surface area contributed by atoms with Crippen molar-refractivity contribution in [3.63, 3.8) is 0 Å². The van der Waals surface area contributed by atoms with Crippen LogP contribution in [0.3, 0.4) is 0 Å². The molecule has 0 spiro atoms. The summed E-state index contributed by atoms with van der Waals surface area (Å²) in [6.07, 6.45) is -0.125. The van der Waals surface area contributed by atoms with Crippen LogP contribution in [0.5, 0.6) is 17.2 Å². The SMILES string of the molecule is COc1cccc(C(CN2CCN(C(=O)c3ccc(OC)cc3OC)CC2)OCc2ccc(C)cc2)c1. The van der Waals surface area contributed by atoms with Gasteiger partial charge in [0.1, 0.15) is 17.2 Å². The third kappa shape index (κ3) is 6.81. The van der Waals surface area contributed by atoms with E-state index in [2.05, 4.69) is 42.2 Å². The zero-order valence-corrected chi connectivity index (χ0v) is 22.1. The molecule has 0 bridgehead atoms. The Labute approximate surface area is 219 Å². The van der Waals surface area contributed by atoms with Gasteiger partial charge in [0.2, 0.25) is 0 Å². The van der Waals surface area contributed by atoms with Gasteiger partial charge in [0.15, 0.2) is 0 Å². The fourth-order valence-corrected chi connectivity index (χ4v) is 4.49. The molecule has 196 valence electrons. The Hall–Kier alpha value is -3.55. The van der Waals surface area contributed by atoms with E-state index in [4.69, 9.17) is 18.9 Å². The second-order valence-electron chi connectivity index (χ2n) is 9.22. The lowest BCUT2D eigenvalue weighted by molar-refractivity contribution is 0.00330. The Balaban J connectivity index is 1.41. The molecule has 7 heteroatoms. The first kappa shape index (κ1) is 26.5. The van der Waals surface area contributed by atoms with Crippen LogP contribution in [0, 0.1) is 6.92 Å². The Bertz CT molecular complexity index is 1170. The maximum Gasteiger partial charge on any atom is 0.257 e. The van der Waals surface area contributed by atoms with Crippen LogP contribution in [0.15, 0.2) is 66.7 Å². The van der Waals surface area contributed by atoms with Gasteiger partial charge in [-0.05, 0) is 42.3 Å². The zero-order chi connectivity index (χ0) is 26.2. The fraction of sp³-hybridized carbons (Fsp3) is 0.367. The van der Waals surface area contributed by atoms with E-state index in [1.165, 1.54) is 5.56 Å². The summed E-state index contributed by atoms with van der Waals surface area (Å²) in [4.78, 5) is 17.5. The largest absolute Gasteiger partial charge is 0.497 e. The first-order chi connectivity index (χ1) is 18.0. The minimum Gasteiger partial charge on any atom is -0.497 e. The molecule has 0 aromatic heterocycles. The highest BCUT2D eigenvalue weighted by Crippen LogP contribution is 2.28. The number of carbonyl (C=O) groups excluding carboxylic acids is 1. The predicted molar refractivity (Wildman–Crippen MR) is 144 cm³/mol. The molecule has 3 aromatic rings. The topological polar surface area (TPSA) is 60.5 Å². The van der Waals surface area contributed by atoms with E-state index in [1.54, 1.807) is 39.5 Å². The predicted octanol–water partition coefficient (Wildman–Crippen LogP) is 4.74. The van der Waals surface area contributed by atoms with E-state index in [0.717, 1.165) is 36.5 Å². The van der Waals surface area contributed by atoms with Crippen molar-refractivity contribution in [3.05, 3.63) is 89.0 Å². The van der Waals surface area contributed by atoms with Gasteiger partial charge in [-0.25, -0.2) is 0 Å². The quantitative estimate of drug-likeness (QED) is 0.398. The fourth-order valence-electron chi connectivity index (χ4n) is 4.49. The highest BCUT2D eigenvalue weighted by Gasteiger charge is 2.26. The second-order valence-corrected chi connectivity index (χ2v) is 9.22. The molecular formula is C30H36N2O5. The molecule has 3 aromatic carbocycles. The molecular weight excluding hydrogens is 468 g/mol. The highest BCUT2D eigenvalue weighted by atomic mass is 16.5. The average Bonchev–Trinajstić information content (AvgIpc) is 2.95. The molecule has 1 fully saturated rings. The second kappa shape index (κ2) is 12.6. The number of aryl methyl sites for hydroxylation is 1. The third-order valence-corrected chi connectivity index (χ3v) is 6.76. The third-order valence-electron chi connectivity index (χ3n) is 6.76. The zero-order valence-electron chi connectivity index (χ0n) is 22.1. The van der Waals surface area contributed by atoms with Crippen LogP contribution < -0.4 is 14.2 Å². The van der Waals surface area contributed by atoms with E-state index in [-0.39, 0.29) is 12.0 Å². The van der Waals surface area contributed by atoms with Gasteiger partial charge in [-0.3, -0.25) is 9.69 Å². The van der Waals surface area contributed by atoms with Gasteiger partial charge >= 0.3 is 0 Å². The maximum absolute atomic E-state index is 13.2. The number of benzene rings is 3. The van der Waals surface area contributed by atoms with Crippen LogP contribution in [0.4, 0.5) is 0 Å². The Morgan fingerprint density at radius 1 is 0.838 bits per heavy atom. The normalized spacial score (nSPS) is 14.8. The van der Waals surface area contributed by atoms with Gasteiger partial charge in [-0.15, -0.1) is 0 Å². The Morgan fingerprint density at radius 2 is 1.54 bits per heavy atom. The van der Waals surface area contributed by atoms with Gasteiger partial charge < -0.3 is 23.8 Å². The molecule has 4 rings (SSSR count). The lowest BCUT2D eigenvalue weighted by atomic mass is 10.1. The molecule has 1 atom stereocenters. The standard InChI is InChI=1S/C30H36N2O5/c1-22-8-10-23(11-9-22)21-37-29(24-6-5-7-25(18-24)34-2)20-31-14-16-32(17-15-31)30(33)27-13-12-26(35-3)19-28(27)36-4/h5-13,18-19,29H,14-17,20-21H2,1-4H3.